The Kier molecular flexibility index (Phi) is 5.60. The molecular formula is C21H27ClN4O2. The first-order valence-electron chi connectivity index (χ1n) is 10.1. The molecule has 1 N–H and O–H groups in total. The summed E-state index contributed by atoms with van der Waals surface area (Å²) in [5, 5.41) is 8.78. The Morgan fingerprint density at radius 2 is 2.18 bits per heavy atom. The molecule has 1 aromatic heterocycles. The highest BCUT2D eigenvalue weighted by molar-refractivity contribution is 6.30. The fourth-order valence-electron chi connectivity index (χ4n) is 4.05. The highest BCUT2D eigenvalue weighted by Crippen LogP contribution is 2.38. The minimum atomic E-state index is -0.352. The lowest BCUT2D eigenvalue weighted by Crippen LogP contribution is -2.46. The first kappa shape index (κ1) is 19.3. The summed E-state index contributed by atoms with van der Waals surface area (Å²) >= 11 is 6.75. The van der Waals surface area contributed by atoms with Crippen molar-refractivity contribution < 1.29 is 9.53 Å². The van der Waals surface area contributed by atoms with E-state index >= 15 is 0 Å². The van der Waals surface area contributed by atoms with Crippen LogP contribution in [0.1, 0.15) is 60.4 Å². The number of fused-ring (bicyclic) bond motifs is 1. The van der Waals surface area contributed by atoms with Gasteiger partial charge < -0.3 is 15.0 Å². The maximum Gasteiger partial charge on any atom is 0.257 e. The molecular weight excluding hydrogens is 376 g/mol. The predicted octanol–water partition coefficient (Wildman–Crippen LogP) is 4.39. The maximum atomic E-state index is 13.3. The van der Waals surface area contributed by atoms with Gasteiger partial charge in [-0.15, -0.1) is 0 Å². The number of aromatic nitrogens is 2. The van der Waals surface area contributed by atoms with Crippen LogP contribution in [0.5, 0.6) is 0 Å². The van der Waals surface area contributed by atoms with E-state index in [1.54, 1.807) is 0 Å². The van der Waals surface area contributed by atoms with Crippen molar-refractivity contribution in [3.05, 3.63) is 46.2 Å². The number of para-hydroxylation sites is 1. The molecule has 4 rings (SSSR count). The molecule has 0 radical (unpaired) electrons. The normalized spacial score (nSPS) is 21.7. The molecule has 0 unspecified atom stereocenters. The molecule has 28 heavy (non-hydrogen) atoms. The molecule has 0 saturated carbocycles. The third-order valence-corrected chi connectivity index (χ3v) is 5.95. The summed E-state index contributed by atoms with van der Waals surface area (Å²) < 4.78 is 7.67. The van der Waals surface area contributed by atoms with Gasteiger partial charge in [-0.1, -0.05) is 37.1 Å². The van der Waals surface area contributed by atoms with E-state index in [9.17, 15) is 4.79 Å². The number of unbranched alkanes of at least 4 members (excludes halogenated alkanes) is 1. The lowest BCUT2D eigenvalue weighted by molar-refractivity contribution is 0.0426. The van der Waals surface area contributed by atoms with Crippen molar-refractivity contribution in [2.75, 3.05) is 18.5 Å². The summed E-state index contributed by atoms with van der Waals surface area (Å²) in [5.41, 5.74) is 3.24. The number of carbonyl (C=O) groups is 1. The number of nitrogens with one attached hydrogen (secondary N) is 1. The number of benzene rings is 1. The van der Waals surface area contributed by atoms with Gasteiger partial charge in [0.05, 0.1) is 22.9 Å². The third-order valence-electron chi connectivity index (χ3n) is 5.55. The monoisotopic (exact) mass is 402 g/mol. The Morgan fingerprint density at radius 1 is 1.36 bits per heavy atom. The number of anilines is 1. The highest BCUT2D eigenvalue weighted by atomic mass is 35.5. The predicted molar refractivity (Wildman–Crippen MR) is 110 cm³/mol. The third kappa shape index (κ3) is 3.51. The maximum absolute atomic E-state index is 13.3. The Morgan fingerprint density at radius 3 is 2.93 bits per heavy atom. The zero-order chi connectivity index (χ0) is 19.7. The van der Waals surface area contributed by atoms with Crippen molar-refractivity contribution in [1.82, 2.24) is 14.7 Å². The van der Waals surface area contributed by atoms with Gasteiger partial charge in [0.2, 0.25) is 0 Å². The van der Waals surface area contributed by atoms with Gasteiger partial charge in [-0.2, -0.15) is 5.10 Å². The van der Waals surface area contributed by atoms with E-state index in [0.717, 1.165) is 55.8 Å². The SMILES string of the molecule is CCCCn1nc(C)c([C@@H]2Nc3ccccc3C(=O)N2C[C@H]2CCCO2)c1Cl. The first-order valence-corrected chi connectivity index (χ1v) is 10.5. The van der Waals surface area contributed by atoms with Crippen molar-refractivity contribution in [1.29, 1.82) is 0 Å². The van der Waals surface area contributed by atoms with E-state index in [-0.39, 0.29) is 18.2 Å². The van der Waals surface area contributed by atoms with E-state index in [0.29, 0.717) is 17.3 Å². The molecule has 1 amide bonds. The van der Waals surface area contributed by atoms with Crippen LogP contribution in [0.3, 0.4) is 0 Å². The van der Waals surface area contributed by atoms with E-state index in [4.69, 9.17) is 16.3 Å². The number of amides is 1. The van der Waals surface area contributed by atoms with Gasteiger partial charge in [0.25, 0.3) is 5.91 Å². The number of carbonyl (C=O) groups excluding carboxylic acids is 1. The molecule has 1 aromatic carbocycles. The molecule has 150 valence electrons. The van der Waals surface area contributed by atoms with Crippen LogP contribution in [-0.4, -0.2) is 39.8 Å². The molecule has 2 aliphatic heterocycles. The number of aryl methyl sites for hydroxylation is 2. The van der Waals surface area contributed by atoms with Crippen LogP contribution in [0.2, 0.25) is 5.15 Å². The Bertz CT molecular complexity index is 860. The van der Waals surface area contributed by atoms with Gasteiger partial charge in [-0.25, -0.2) is 0 Å². The molecule has 7 heteroatoms. The van der Waals surface area contributed by atoms with Gasteiger partial charge in [-0.05, 0) is 38.3 Å². The number of nitrogens with zero attached hydrogens (tertiary/aromatic N) is 3. The first-order chi connectivity index (χ1) is 13.6. The molecule has 0 bridgehead atoms. The average Bonchev–Trinajstić information content (AvgIpc) is 3.30. The Labute approximate surface area is 170 Å². The summed E-state index contributed by atoms with van der Waals surface area (Å²) in [6.45, 7) is 6.18. The summed E-state index contributed by atoms with van der Waals surface area (Å²) in [5.74, 6) is 0.00613. The van der Waals surface area contributed by atoms with Gasteiger partial charge in [0.1, 0.15) is 11.3 Å². The molecule has 6 nitrogen and oxygen atoms in total. The molecule has 0 spiro atoms. The van der Waals surface area contributed by atoms with Crippen LogP contribution in [0.4, 0.5) is 5.69 Å². The van der Waals surface area contributed by atoms with Crippen LogP contribution in [0.15, 0.2) is 24.3 Å². The van der Waals surface area contributed by atoms with E-state index in [2.05, 4.69) is 17.3 Å². The van der Waals surface area contributed by atoms with E-state index in [1.807, 2.05) is 40.8 Å². The van der Waals surface area contributed by atoms with Crippen LogP contribution >= 0.6 is 11.6 Å². The van der Waals surface area contributed by atoms with Crippen molar-refractivity contribution in [2.45, 2.75) is 58.3 Å². The average molecular weight is 403 g/mol. The quantitative estimate of drug-likeness (QED) is 0.778. The number of halogens is 1. The summed E-state index contributed by atoms with van der Waals surface area (Å²) in [6.07, 6.45) is 3.81. The fourth-order valence-corrected chi connectivity index (χ4v) is 4.41. The standard InChI is InChI=1S/C21H27ClN4O2/c1-3-4-11-26-19(22)18(14(2)24-26)20-23-17-10-6-5-9-16(17)21(27)25(20)13-15-8-7-12-28-15/h5-6,9-10,15,20,23H,3-4,7-8,11-13H2,1-2H3/t15-,20-/m1/s1. The summed E-state index contributed by atoms with van der Waals surface area (Å²) in [6, 6.07) is 7.63. The van der Waals surface area contributed by atoms with Crippen LogP contribution < -0.4 is 5.32 Å². The lowest BCUT2D eigenvalue weighted by atomic mass is 10.0. The van der Waals surface area contributed by atoms with Crippen LogP contribution in [0, 0.1) is 6.92 Å². The number of hydrogen-bond acceptors (Lipinski definition) is 4. The second kappa shape index (κ2) is 8.13. The molecule has 0 aliphatic carbocycles. The Balaban J connectivity index is 1.72. The number of hydrogen-bond donors (Lipinski definition) is 1. The van der Waals surface area contributed by atoms with Crippen molar-refractivity contribution >= 4 is 23.2 Å². The van der Waals surface area contributed by atoms with Gasteiger partial charge >= 0.3 is 0 Å². The fraction of sp³-hybridized carbons (Fsp3) is 0.524. The zero-order valence-electron chi connectivity index (χ0n) is 16.4. The largest absolute Gasteiger partial charge is 0.376 e. The van der Waals surface area contributed by atoms with Crippen LogP contribution in [-0.2, 0) is 11.3 Å². The van der Waals surface area contributed by atoms with Gasteiger partial charge in [0.15, 0.2) is 0 Å². The number of rotatable bonds is 6. The van der Waals surface area contributed by atoms with Crippen LogP contribution in [0.25, 0.3) is 0 Å². The second-order valence-corrected chi connectivity index (χ2v) is 7.91. The molecule has 2 atom stereocenters. The molecule has 2 aliphatic rings. The minimum absolute atomic E-state index is 0.00613. The van der Waals surface area contributed by atoms with Gasteiger partial charge in [0, 0.05) is 25.4 Å². The Hall–Kier alpha value is -2.05. The second-order valence-electron chi connectivity index (χ2n) is 7.55. The molecule has 1 fully saturated rings. The van der Waals surface area contributed by atoms with Gasteiger partial charge in [-0.3, -0.25) is 9.48 Å². The van der Waals surface area contributed by atoms with Crippen molar-refractivity contribution in [3.8, 4) is 0 Å². The zero-order valence-corrected chi connectivity index (χ0v) is 17.2. The summed E-state index contributed by atoms with van der Waals surface area (Å²) in [4.78, 5) is 15.2. The number of ether oxygens (including phenoxy) is 1. The smallest absolute Gasteiger partial charge is 0.257 e. The molecule has 3 heterocycles. The lowest BCUT2D eigenvalue weighted by Gasteiger charge is -2.39. The van der Waals surface area contributed by atoms with E-state index < -0.39 is 0 Å². The summed E-state index contributed by atoms with van der Waals surface area (Å²) in [7, 11) is 0. The molecule has 1 saturated heterocycles. The minimum Gasteiger partial charge on any atom is -0.376 e. The van der Waals surface area contributed by atoms with E-state index in [1.165, 1.54) is 0 Å². The van der Waals surface area contributed by atoms with Crippen molar-refractivity contribution in [3.63, 3.8) is 0 Å². The van der Waals surface area contributed by atoms with Crippen molar-refractivity contribution in [2.24, 2.45) is 0 Å². The highest BCUT2D eigenvalue weighted by Gasteiger charge is 2.38. The topological polar surface area (TPSA) is 59.4 Å². The molecule has 2 aromatic rings.